The number of hydrogen-bond acceptors (Lipinski definition) is 5. The van der Waals surface area contributed by atoms with Crippen molar-refractivity contribution >= 4 is 11.6 Å². The fourth-order valence-corrected chi connectivity index (χ4v) is 2.45. The SMILES string of the molecule is CCNc1cc(N(CC)CCCN(CC)CC)nc(C)n1. The van der Waals surface area contributed by atoms with Gasteiger partial charge in [-0.3, -0.25) is 0 Å². The minimum atomic E-state index is 0.825. The van der Waals surface area contributed by atoms with E-state index in [4.69, 9.17) is 0 Å². The predicted octanol–water partition coefficient (Wildman–Crippen LogP) is 2.78. The minimum Gasteiger partial charge on any atom is -0.370 e. The topological polar surface area (TPSA) is 44.3 Å². The second-order valence-corrected chi connectivity index (χ2v) is 5.15. The number of hydrogen-bond donors (Lipinski definition) is 1. The average molecular weight is 293 g/mol. The van der Waals surface area contributed by atoms with Crippen LogP contribution in [0.5, 0.6) is 0 Å². The lowest BCUT2D eigenvalue weighted by atomic mass is 10.3. The summed E-state index contributed by atoms with van der Waals surface area (Å²) in [6, 6.07) is 2.05. The van der Waals surface area contributed by atoms with Gasteiger partial charge in [-0.2, -0.15) is 0 Å². The Morgan fingerprint density at radius 2 is 1.71 bits per heavy atom. The molecule has 0 unspecified atom stereocenters. The number of rotatable bonds is 10. The molecule has 1 heterocycles. The largest absolute Gasteiger partial charge is 0.370 e. The Hall–Kier alpha value is -1.36. The number of anilines is 2. The van der Waals surface area contributed by atoms with Gasteiger partial charge in [-0.05, 0) is 46.8 Å². The number of nitrogens with one attached hydrogen (secondary N) is 1. The van der Waals surface area contributed by atoms with Crippen molar-refractivity contribution in [3.63, 3.8) is 0 Å². The van der Waals surface area contributed by atoms with E-state index in [0.717, 1.165) is 63.1 Å². The molecule has 0 aliphatic carbocycles. The van der Waals surface area contributed by atoms with Crippen molar-refractivity contribution in [2.24, 2.45) is 0 Å². The van der Waals surface area contributed by atoms with Crippen LogP contribution in [-0.2, 0) is 0 Å². The summed E-state index contributed by atoms with van der Waals surface area (Å²) in [7, 11) is 0. The summed E-state index contributed by atoms with van der Waals surface area (Å²) in [4.78, 5) is 13.8. The molecule has 0 aromatic carbocycles. The first-order valence-corrected chi connectivity index (χ1v) is 8.21. The van der Waals surface area contributed by atoms with E-state index >= 15 is 0 Å². The van der Waals surface area contributed by atoms with E-state index in [-0.39, 0.29) is 0 Å². The van der Waals surface area contributed by atoms with E-state index in [1.54, 1.807) is 0 Å². The molecule has 1 rings (SSSR count). The first-order chi connectivity index (χ1) is 10.1. The quantitative estimate of drug-likeness (QED) is 0.718. The highest BCUT2D eigenvalue weighted by atomic mass is 15.2. The zero-order chi connectivity index (χ0) is 15.7. The third-order valence-electron chi connectivity index (χ3n) is 3.68. The molecule has 0 spiro atoms. The molecular weight excluding hydrogens is 262 g/mol. The van der Waals surface area contributed by atoms with Crippen molar-refractivity contribution < 1.29 is 0 Å². The number of aryl methyl sites for hydroxylation is 1. The van der Waals surface area contributed by atoms with E-state index in [1.807, 2.05) is 6.92 Å². The second kappa shape index (κ2) is 9.55. The number of aromatic nitrogens is 2. The average Bonchev–Trinajstić information content (AvgIpc) is 2.47. The van der Waals surface area contributed by atoms with Crippen molar-refractivity contribution in [3.8, 4) is 0 Å². The van der Waals surface area contributed by atoms with E-state index in [1.165, 1.54) is 0 Å². The lowest BCUT2D eigenvalue weighted by Crippen LogP contribution is -2.30. The van der Waals surface area contributed by atoms with Crippen molar-refractivity contribution in [3.05, 3.63) is 11.9 Å². The van der Waals surface area contributed by atoms with Crippen LogP contribution in [0.4, 0.5) is 11.6 Å². The number of nitrogens with zero attached hydrogens (tertiary/aromatic N) is 4. The molecule has 0 bridgehead atoms. The molecule has 0 saturated carbocycles. The smallest absolute Gasteiger partial charge is 0.134 e. The Kier molecular flexibility index (Phi) is 8.05. The van der Waals surface area contributed by atoms with Crippen LogP contribution in [0.25, 0.3) is 0 Å². The van der Waals surface area contributed by atoms with Gasteiger partial charge in [0.1, 0.15) is 17.5 Å². The maximum absolute atomic E-state index is 4.59. The van der Waals surface area contributed by atoms with Gasteiger partial charge in [-0.15, -0.1) is 0 Å². The van der Waals surface area contributed by atoms with Gasteiger partial charge >= 0.3 is 0 Å². The van der Waals surface area contributed by atoms with Crippen LogP contribution in [0, 0.1) is 6.92 Å². The summed E-state index contributed by atoms with van der Waals surface area (Å²) in [5.41, 5.74) is 0. The molecule has 0 radical (unpaired) electrons. The second-order valence-electron chi connectivity index (χ2n) is 5.15. The molecule has 0 aliphatic rings. The minimum absolute atomic E-state index is 0.825. The Labute approximate surface area is 129 Å². The summed E-state index contributed by atoms with van der Waals surface area (Å²) in [6.07, 6.45) is 1.16. The van der Waals surface area contributed by atoms with Crippen molar-refractivity contribution in [1.82, 2.24) is 14.9 Å². The van der Waals surface area contributed by atoms with Crippen molar-refractivity contribution in [1.29, 1.82) is 0 Å². The Balaban J connectivity index is 2.66. The van der Waals surface area contributed by atoms with Crippen molar-refractivity contribution in [2.45, 2.75) is 41.0 Å². The molecule has 0 atom stereocenters. The van der Waals surface area contributed by atoms with Gasteiger partial charge < -0.3 is 15.1 Å². The maximum atomic E-state index is 4.59. The molecule has 0 amide bonds. The van der Waals surface area contributed by atoms with E-state index in [0.29, 0.717) is 0 Å². The van der Waals surface area contributed by atoms with E-state index < -0.39 is 0 Å². The molecule has 0 aliphatic heterocycles. The summed E-state index contributed by atoms with van der Waals surface area (Å²) >= 11 is 0. The molecule has 0 saturated heterocycles. The summed E-state index contributed by atoms with van der Waals surface area (Å²) in [5, 5.41) is 3.27. The van der Waals surface area contributed by atoms with Crippen LogP contribution in [-0.4, -0.2) is 54.1 Å². The zero-order valence-electron chi connectivity index (χ0n) is 14.3. The van der Waals surface area contributed by atoms with Gasteiger partial charge in [-0.25, -0.2) is 9.97 Å². The summed E-state index contributed by atoms with van der Waals surface area (Å²) in [6.45, 7) is 16.9. The van der Waals surface area contributed by atoms with Crippen LogP contribution in [0.3, 0.4) is 0 Å². The van der Waals surface area contributed by atoms with Crippen LogP contribution in [0.1, 0.15) is 39.9 Å². The molecule has 0 fully saturated rings. The summed E-state index contributed by atoms with van der Waals surface area (Å²) in [5.74, 6) is 2.77. The fourth-order valence-electron chi connectivity index (χ4n) is 2.45. The Morgan fingerprint density at radius 1 is 1.00 bits per heavy atom. The normalized spacial score (nSPS) is 11.0. The molecule has 120 valence electrons. The summed E-state index contributed by atoms with van der Waals surface area (Å²) < 4.78 is 0. The predicted molar refractivity (Wildman–Crippen MR) is 91.2 cm³/mol. The Morgan fingerprint density at radius 3 is 2.29 bits per heavy atom. The van der Waals surface area contributed by atoms with Gasteiger partial charge in [0.25, 0.3) is 0 Å². The fraction of sp³-hybridized carbons (Fsp3) is 0.750. The molecule has 1 N–H and O–H groups in total. The molecule has 5 heteroatoms. The highest BCUT2D eigenvalue weighted by Crippen LogP contribution is 2.16. The van der Waals surface area contributed by atoms with Crippen LogP contribution in [0.15, 0.2) is 6.07 Å². The first kappa shape index (κ1) is 17.7. The van der Waals surface area contributed by atoms with Crippen LogP contribution < -0.4 is 10.2 Å². The van der Waals surface area contributed by atoms with Gasteiger partial charge in [0.2, 0.25) is 0 Å². The van der Waals surface area contributed by atoms with Gasteiger partial charge in [0, 0.05) is 25.7 Å². The molecule has 5 nitrogen and oxygen atoms in total. The third-order valence-corrected chi connectivity index (χ3v) is 3.68. The molecule has 21 heavy (non-hydrogen) atoms. The highest BCUT2D eigenvalue weighted by molar-refractivity contribution is 5.49. The van der Waals surface area contributed by atoms with E-state index in [9.17, 15) is 0 Å². The monoisotopic (exact) mass is 293 g/mol. The van der Waals surface area contributed by atoms with E-state index in [2.05, 4.69) is 58.8 Å². The molecule has 1 aromatic rings. The zero-order valence-corrected chi connectivity index (χ0v) is 14.3. The standard InChI is InChI=1S/C16H31N5/c1-6-17-15-13-16(19-14(5)18-15)21(9-4)12-10-11-20(7-2)8-3/h13H,6-12H2,1-5H3,(H,17,18,19). The van der Waals surface area contributed by atoms with Crippen molar-refractivity contribution in [2.75, 3.05) is 49.5 Å². The Bertz CT molecular complexity index is 404. The van der Waals surface area contributed by atoms with Gasteiger partial charge in [-0.1, -0.05) is 13.8 Å². The highest BCUT2D eigenvalue weighted by Gasteiger charge is 2.09. The van der Waals surface area contributed by atoms with Crippen LogP contribution >= 0.6 is 0 Å². The lowest BCUT2D eigenvalue weighted by Gasteiger charge is -2.25. The maximum Gasteiger partial charge on any atom is 0.134 e. The lowest BCUT2D eigenvalue weighted by molar-refractivity contribution is 0.300. The van der Waals surface area contributed by atoms with Crippen LogP contribution in [0.2, 0.25) is 0 Å². The molecule has 1 aromatic heterocycles. The third kappa shape index (κ3) is 5.87. The first-order valence-electron chi connectivity index (χ1n) is 8.21. The molecular formula is C16H31N5. The van der Waals surface area contributed by atoms with Gasteiger partial charge in [0.05, 0.1) is 0 Å². The van der Waals surface area contributed by atoms with Gasteiger partial charge in [0.15, 0.2) is 0 Å².